The summed E-state index contributed by atoms with van der Waals surface area (Å²) >= 11 is 1.60. The number of fused-ring (bicyclic) bond motifs is 1. The van der Waals surface area contributed by atoms with Gasteiger partial charge in [0.15, 0.2) is 0 Å². The summed E-state index contributed by atoms with van der Waals surface area (Å²) in [6.07, 6.45) is 4.25. The Bertz CT molecular complexity index is 705. The fraction of sp³-hybridized carbons (Fsp3) is 0.214. The minimum atomic E-state index is -0.00953. The fourth-order valence-electron chi connectivity index (χ4n) is 2.03. The molecule has 3 aromatic rings. The van der Waals surface area contributed by atoms with Gasteiger partial charge in [-0.15, -0.1) is 11.3 Å². The van der Waals surface area contributed by atoms with E-state index in [0.29, 0.717) is 13.1 Å². The predicted molar refractivity (Wildman–Crippen MR) is 78.6 cm³/mol. The second-order valence-electron chi connectivity index (χ2n) is 4.39. The van der Waals surface area contributed by atoms with E-state index < -0.39 is 0 Å². The molecule has 1 aromatic carbocycles. The van der Waals surface area contributed by atoms with E-state index in [1.807, 2.05) is 34.2 Å². The van der Waals surface area contributed by atoms with E-state index in [-0.39, 0.29) is 5.91 Å². The summed E-state index contributed by atoms with van der Waals surface area (Å²) in [6, 6.07) is 7.78. The maximum absolute atomic E-state index is 11.9. The zero-order valence-electron chi connectivity index (χ0n) is 10.8. The van der Waals surface area contributed by atoms with Gasteiger partial charge in [0, 0.05) is 24.5 Å². The van der Waals surface area contributed by atoms with Gasteiger partial charge < -0.3 is 9.88 Å². The van der Waals surface area contributed by atoms with Gasteiger partial charge in [-0.2, -0.15) is 0 Å². The van der Waals surface area contributed by atoms with E-state index in [2.05, 4.69) is 15.3 Å². The van der Waals surface area contributed by atoms with E-state index in [1.54, 1.807) is 23.9 Å². The summed E-state index contributed by atoms with van der Waals surface area (Å²) in [6.45, 7) is 0.900. The molecule has 2 aromatic heterocycles. The van der Waals surface area contributed by atoms with E-state index >= 15 is 0 Å². The summed E-state index contributed by atoms with van der Waals surface area (Å²) < 4.78 is 1.86. The number of para-hydroxylation sites is 2. The molecule has 0 atom stereocenters. The standard InChI is InChI=1S/C14H14N4OS/c19-13(15-6-5-14-16-7-8-20-14)9-18-10-17-11-3-1-2-4-12(11)18/h1-4,7-8,10H,5-6,9H2,(H,15,19). The molecule has 0 spiro atoms. The van der Waals surface area contributed by atoms with Crippen molar-refractivity contribution in [3.63, 3.8) is 0 Å². The van der Waals surface area contributed by atoms with Gasteiger partial charge >= 0.3 is 0 Å². The SMILES string of the molecule is O=C(Cn1cnc2ccccc21)NCCc1nccs1. The molecule has 0 saturated heterocycles. The van der Waals surface area contributed by atoms with Gasteiger partial charge in [0.1, 0.15) is 6.54 Å². The Kier molecular flexibility index (Phi) is 3.73. The topological polar surface area (TPSA) is 59.8 Å². The molecular weight excluding hydrogens is 272 g/mol. The highest BCUT2D eigenvalue weighted by atomic mass is 32.1. The number of imidazole rings is 1. The Balaban J connectivity index is 1.56. The zero-order chi connectivity index (χ0) is 13.8. The van der Waals surface area contributed by atoms with Crippen molar-refractivity contribution in [1.29, 1.82) is 0 Å². The van der Waals surface area contributed by atoms with Gasteiger partial charge in [-0.1, -0.05) is 12.1 Å². The Morgan fingerprint density at radius 3 is 3.05 bits per heavy atom. The highest BCUT2D eigenvalue weighted by molar-refractivity contribution is 7.09. The molecule has 6 heteroatoms. The lowest BCUT2D eigenvalue weighted by atomic mass is 10.3. The lowest BCUT2D eigenvalue weighted by Gasteiger charge is -2.05. The van der Waals surface area contributed by atoms with Gasteiger partial charge in [0.25, 0.3) is 0 Å². The molecule has 2 heterocycles. The third-order valence-electron chi connectivity index (χ3n) is 2.99. The van der Waals surface area contributed by atoms with Crippen LogP contribution in [0.15, 0.2) is 42.2 Å². The van der Waals surface area contributed by atoms with E-state index in [0.717, 1.165) is 22.5 Å². The van der Waals surface area contributed by atoms with Gasteiger partial charge in [-0.3, -0.25) is 4.79 Å². The van der Waals surface area contributed by atoms with Crippen LogP contribution in [-0.2, 0) is 17.8 Å². The van der Waals surface area contributed by atoms with Gasteiger partial charge in [-0.25, -0.2) is 9.97 Å². The Morgan fingerprint density at radius 2 is 2.20 bits per heavy atom. The second-order valence-corrected chi connectivity index (χ2v) is 5.37. The maximum atomic E-state index is 11.9. The molecule has 0 radical (unpaired) electrons. The number of carbonyl (C=O) groups excluding carboxylic acids is 1. The molecule has 0 aliphatic rings. The molecule has 0 saturated carbocycles. The van der Waals surface area contributed by atoms with Gasteiger partial charge in [0.05, 0.1) is 22.4 Å². The Hall–Kier alpha value is -2.21. The molecule has 0 bridgehead atoms. The summed E-state index contributed by atoms with van der Waals surface area (Å²) in [5.41, 5.74) is 1.88. The summed E-state index contributed by atoms with van der Waals surface area (Å²) in [5.74, 6) is -0.00953. The number of carbonyl (C=O) groups is 1. The summed E-state index contributed by atoms with van der Waals surface area (Å²) in [5, 5.41) is 5.88. The normalized spacial score (nSPS) is 10.8. The Morgan fingerprint density at radius 1 is 1.30 bits per heavy atom. The van der Waals surface area contributed by atoms with Crippen molar-refractivity contribution in [2.24, 2.45) is 0 Å². The predicted octanol–water partition coefficient (Wildman–Crippen LogP) is 1.85. The van der Waals surface area contributed by atoms with Crippen LogP contribution < -0.4 is 5.32 Å². The molecule has 102 valence electrons. The molecule has 0 aliphatic heterocycles. The van der Waals surface area contributed by atoms with Crippen molar-refractivity contribution < 1.29 is 4.79 Å². The molecule has 0 aliphatic carbocycles. The number of benzene rings is 1. The molecule has 3 rings (SSSR count). The number of rotatable bonds is 5. The number of hydrogen-bond acceptors (Lipinski definition) is 4. The maximum Gasteiger partial charge on any atom is 0.240 e. The van der Waals surface area contributed by atoms with E-state index in [1.165, 1.54) is 0 Å². The van der Waals surface area contributed by atoms with Gasteiger partial charge in [-0.05, 0) is 12.1 Å². The lowest BCUT2D eigenvalue weighted by Crippen LogP contribution is -2.29. The van der Waals surface area contributed by atoms with Crippen LogP contribution in [0.3, 0.4) is 0 Å². The third-order valence-corrected chi connectivity index (χ3v) is 3.83. The average molecular weight is 286 g/mol. The third kappa shape index (κ3) is 2.85. The largest absolute Gasteiger partial charge is 0.354 e. The first-order valence-electron chi connectivity index (χ1n) is 6.38. The number of aromatic nitrogens is 3. The number of nitrogens with zero attached hydrogens (tertiary/aromatic N) is 3. The highest BCUT2D eigenvalue weighted by Crippen LogP contribution is 2.11. The van der Waals surface area contributed by atoms with Crippen LogP contribution >= 0.6 is 11.3 Å². The molecule has 20 heavy (non-hydrogen) atoms. The first-order valence-corrected chi connectivity index (χ1v) is 7.26. The Labute approximate surface area is 120 Å². The second kappa shape index (κ2) is 5.83. The molecule has 1 N–H and O–H groups in total. The zero-order valence-corrected chi connectivity index (χ0v) is 11.6. The van der Waals surface area contributed by atoms with Crippen LogP contribution in [0, 0.1) is 0 Å². The molecule has 0 fully saturated rings. The first kappa shape index (κ1) is 12.8. The minimum absolute atomic E-state index is 0.00953. The number of amides is 1. The minimum Gasteiger partial charge on any atom is -0.354 e. The number of thiazole rings is 1. The van der Waals surface area contributed by atoms with Crippen molar-refractivity contribution in [2.75, 3.05) is 6.54 Å². The van der Waals surface area contributed by atoms with Crippen molar-refractivity contribution in [1.82, 2.24) is 19.9 Å². The summed E-state index contributed by atoms with van der Waals surface area (Å²) in [4.78, 5) is 20.4. The van der Waals surface area contributed by atoms with Crippen LogP contribution in [0.5, 0.6) is 0 Å². The lowest BCUT2D eigenvalue weighted by molar-refractivity contribution is -0.121. The van der Waals surface area contributed by atoms with E-state index in [4.69, 9.17) is 0 Å². The van der Waals surface area contributed by atoms with Crippen LogP contribution in [0.4, 0.5) is 0 Å². The number of hydrogen-bond donors (Lipinski definition) is 1. The van der Waals surface area contributed by atoms with E-state index in [9.17, 15) is 4.79 Å². The summed E-state index contributed by atoms with van der Waals surface area (Å²) in [7, 11) is 0. The van der Waals surface area contributed by atoms with Crippen molar-refractivity contribution in [2.45, 2.75) is 13.0 Å². The number of nitrogens with one attached hydrogen (secondary N) is 1. The molecule has 1 amide bonds. The highest BCUT2D eigenvalue weighted by Gasteiger charge is 2.06. The van der Waals surface area contributed by atoms with Crippen molar-refractivity contribution >= 4 is 28.3 Å². The van der Waals surface area contributed by atoms with Crippen molar-refractivity contribution in [3.05, 3.63) is 47.2 Å². The van der Waals surface area contributed by atoms with Crippen molar-refractivity contribution in [3.8, 4) is 0 Å². The van der Waals surface area contributed by atoms with Gasteiger partial charge in [0.2, 0.25) is 5.91 Å². The fourth-order valence-corrected chi connectivity index (χ4v) is 2.65. The molecule has 5 nitrogen and oxygen atoms in total. The first-order chi connectivity index (χ1) is 9.83. The smallest absolute Gasteiger partial charge is 0.240 e. The average Bonchev–Trinajstić information content (AvgIpc) is 3.09. The van der Waals surface area contributed by atoms with Crippen LogP contribution in [0.2, 0.25) is 0 Å². The molecular formula is C14H14N4OS. The quantitative estimate of drug-likeness (QED) is 0.778. The van der Waals surface area contributed by atoms with Crippen LogP contribution in [-0.4, -0.2) is 27.0 Å². The molecule has 0 unspecified atom stereocenters. The van der Waals surface area contributed by atoms with Crippen LogP contribution in [0.1, 0.15) is 5.01 Å². The monoisotopic (exact) mass is 286 g/mol. The van der Waals surface area contributed by atoms with Crippen LogP contribution in [0.25, 0.3) is 11.0 Å².